The van der Waals surface area contributed by atoms with Crippen LogP contribution in [-0.4, -0.2) is 37.4 Å². The lowest BCUT2D eigenvalue weighted by Gasteiger charge is -2.14. The molecule has 0 atom stereocenters. The van der Waals surface area contributed by atoms with Crippen molar-refractivity contribution < 1.29 is 4.79 Å². The number of fused-ring (bicyclic) bond motifs is 3. The zero-order valence-corrected chi connectivity index (χ0v) is 20.4. The first-order valence-corrected chi connectivity index (χ1v) is 12.8. The number of para-hydroxylation sites is 1. The van der Waals surface area contributed by atoms with Gasteiger partial charge in [-0.05, 0) is 61.0 Å². The van der Waals surface area contributed by atoms with Crippen molar-refractivity contribution in [2.45, 2.75) is 25.4 Å². The lowest BCUT2D eigenvalue weighted by molar-refractivity contribution is -0.118. The molecule has 0 fully saturated rings. The Morgan fingerprint density at radius 3 is 2.74 bits per heavy atom. The van der Waals surface area contributed by atoms with Crippen molar-refractivity contribution in [1.29, 1.82) is 0 Å². The highest BCUT2D eigenvalue weighted by molar-refractivity contribution is 7.99. The van der Waals surface area contributed by atoms with Crippen LogP contribution in [0.3, 0.4) is 0 Å². The number of hydrogen-bond donors (Lipinski definition) is 1. The summed E-state index contributed by atoms with van der Waals surface area (Å²) in [4.78, 5) is 27.2. The third kappa shape index (κ3) is 4.12. The highest BCUT2D eigenvalue weighted by Gasteiger charge is 2.19. The van der Waals surface area contributed by atoms with Gasteiger partial charge in [0.1, 0.15) is 0 Å². The molecule has 0 saturated heterocycles. The van der Waals surface area contributed by atoms with Crippen molar-refractivity contribution in [3.63, 3.8) is 0 Å². The highest BCUT2D eigenvalue weighted by Crippen LogP contribution is 2.25. The van der Waals surface area contributed by atoms with E-state index in [9.17, 15) is 9.59 Å². The Morgan fingerprint density at radius 2 is 1.91 bits per heavy atom. The minimum Gasteiger partial charge on any atom is -0.355 e. The zero-order valence-electron chi connectivity index (χ0n) is 18.8. The Bertz CT molecular complexity index is 1550. The molecule has 0 unspecified atom stereocenters. The Hall–Kier alpha value is -3.43. The molecule has 9 heteroatoms. The molecule has 1 amide bonds. The molecule has 5 aromatic rings. The molecule has 34 heavy (non-hydrogen) atoms. The second kappa shape index (κ2) is 9.44. The smallest absolute Gasteiger partial charge is 0.267 e. The summed E-state index contributed by atoms with van der Waals surface area (Å²) in [6.45, 7) is 4.61. The Balaban J connectivity index is 1.49. The van der Waals surface area contributed by atoms with Gasteiger partial charge in [0.25, 0.3) is 5.56 Å². The molecule has 0 aliphatic rings. The minimum absolute atomic E-state index is 0.0644. The van der Waals surface area contributed by atoms with Gasteiger partial charge in [0.2, 0.25) is 11.7 Å². The summed E-state index contributed by atoms with van der Waals surface area (Å²) in [5.74, 6) is 0.575. The molecule has 1 N–H and O–H groups in total. The van der Waals surface area contributed by atoms with Crippen molar-refractivity contribution in [1.82, 2.24) is 24.5 Å². The first-order valence-electron chi connectivity index (χ1n) is 10.9. The van der Waals surface area contributed by atoms with Crippen molar-refractivity contribution >= 4 is 45.7 Å². The summed E-state index contributed by atoms with van der Waals surface area (Å²) in [6, 6.07) is 17.4. The average molecular weight is 490 g/mol. The van der Waals surface area contributed by atoms with E-state index >= 15 is 0 Å². The Morgan fingerprint density at radius 1 is 1.06 bits per heavy atom. The third-order valence-electron chi connectivity index (χ3n) is 5.82. The molecule has 0 aliphatic carbocycles. The second-order valence-corrected chi connectivity index (χ2v) is 9.94. The molecule has 0 aliphatic heterocycles. The number of carbonyl (C=O) groups is 1. The SMILES string of the molecule is Cc1cccc(-n2c(=O)c3ccccc3n3c(SCC(=O)NCCc4cccs4)nnc23)c1C. The number of thioether (sulfide) groups is 1. The van der Waals surface area contributed by atoms with Crippen molar-refractivity contribution in [2.75, 3.05) is 12.3 Å². The predicted octanol–water partition coefficient (Wildman–Crippen LogP) is 4.16. The molecule has 5 rings (SSSR count). The molecule has 3 aromatic heterocycles. The van der Waals surface area contributed by atoms with Gasteiger partial charge in [0.05, 0.1) is 22.3 Å². The van der Waals surface area contributed by atoms with Crippen LogP contribution in [-0.2, 0) is 11.2 Å². The number of nitrogens with one attached hydrogen (secondary N) is 1. The number of thiophene rings is 1. The van der Waals surface area contributed by atoms with E-state index in [2.05, 4.69) is 21.6 Å². The van der Waals surface area contributed by atoms with Crippen LogP contribution in [0.15, 0.2) is 69.9 Å². The monoisotopic (exact) mass is 489 g/mol. The number of carbonyl (C=O) groups excluding carboxylic acids is 1. The number of amides is 1. The number of benzene rings is 2. The van der Waals surface area contributed by atoms with E-state index < -0.39 is 0 Å². The van der Waals surface area contributed by atoms with Crippen LogP contribution in [0.4, 0.5) is 0 Å². The topological polar surface area (TPSA) is 81.3 Å². The first kappa shape index (κ1) is 22.4. The standard InChI is InChI=1S/C25H23N5O2S2/c1-16-7-5-11-20(17(16)2)29-23(32)19-9-3-4-10-21(19)30-24(29)27-28-25(30)34-15-22(31)26-13-12-18-8-6-14-33-18/h3-11,14H,12-13,15H2,1-2H3,(H,26,31). The normalized spacial score (nSPS) is 11.4. The van der Waals surface area contributed by atoms with Gasteiger partial charge in [0, 0.05) is 11.4 Å². The molecular weight excluding hydrogens is 466 g/mol. The summed E-state index contributed by atoms with van der Waals surface area (Å²) in [5.41, 5.74) is 3.44. The predicted molar refractivity (Wildman–Crippen MR) is 137 cm³/mol. The van der Waals surface area contributed by atoms with E-state index in [4.69, 9.17) is 0 Å². The van der Waals surface area contributed by atoms with Crippen molar-refractivity contribution in [3.8, 4) is 5.69 Å². The van der Waals surface area contributed by atoms with Crippen molar-refractivity contribution in [2.24, 2.45) is 0 Å². The van der Waals surface area contributed by atoms with E-state index in [1.807, 2.05) is 72.2 Å². The van der Waals surface area contributed by atoms with Crippen LogP contribution in [0, 0.1) is 13.8 Å². The van der Waals surface area contributed by atoms with E-state index in [1.165, 1.54) is 16.6 Å². The quantitative estimate of drug-likeness (QED) is 0.347. The summed E-state index contributed by atoms with van der Waals surface area (Å²) in [5, 5.41) is 14.9. The highest BCUT2D eigenvalue weighted by atomic mass is 32.2. The van der Waals surface area contributed by atoms with E-state index in [1.54, 1.807) is 15.9 Å². The number of rotatable bonds is 7. The lowest BCUT2D eigenvalue weighted by atomic mass is 10.1. The lowest BCUT2D eigenvalue weighted by Crippen LogP contribution is -2.27. The van der Waals surface area contributed by atoms with Gasteiger partial charge in [-0.25, -0.2) is 4.57 Å². The van der Waals surface area contributed by atoms with Crippen LogP contribution < -0.4 is 10.9 Å². The third-order valence-corrected chi connectivity index (χ3v) is 7.68. The maximum absolute atomic E-state index is 13.5. The van der Waals surface area contributed by atoms with E-state index in [0.717, 1.165) is 28.8 Å². The van der Waals surface area contributed by atoms with Gasteiger partial charge in [-0.15, -0.1) is 21.5 Å². The van der Waals surface area contributed by atoms with Crippen LogP contribution in [0.5, 0.6) is 0 Å². The van der Waals surface area contributed by atoms with Gasteiger partial charge >= 0.3 is 0 Å². The largest absolute Gasteiger partial charge is 0.355 e. The van der Waals surface area contributed by atoms with E-state index in [0.29, 0.717) is 22.9 Å². The second-order valence-electron chi connectivity index (χ2n) is 7.96. The summed E-state index contributed by atoms with van der Waals surface area (Å²) < 4.78 is 3.48. The molecule has 7 nitrogen and oxygen atoms in total. The van der Waals surface area contributed by atoms with E-state index in [-0.39, 0.29) is 17.2 Å². The molecular formula is C25H23N5O2S2. The zero-order chi connectivity index (χ0) is 23.7. The van der Waals surface area contributed by atoms with Gasteiger partial charge < -0.3 is 5.32 Å². The summed E-state index contributed by atoms with van der Waals surface area (Å²) in [7, 11) is 0. The minimum atomic E-state index is -0.146. The summed E-state index contributed by atoms with van der Waals surface area (Å²) in [6.07, 6.45) is 0.814. The van der Waals surface area contributed by atoms with Crippen LogP contribution in [0.1, 0.15) is 16.0 Å². The first-order chi connectivity index (χ1) is 16.5. The van der Waals surface area contributed by atoms with Gasteiger partial charge in [-0.1, -0.05) is 42.1 Å². The van der Waals surface area contributed by atoms with Crippen LogP contribution in [0.25, 0.3) is 22.4 Å². The molecule has 0 spiro atoms. The Labute approximate surface area is 204 Å². The number of hydrogen-bond acceptors (Lipinski definition) is 6. The molecule has 3 heterocycles. The maximum Gasteiger partial charge on any atom is 0.267 e. The molecule has 0 saturated carbocycles. The average Bonchev–Trinajstić information content (AvgIpc) is 3.51. The van der Waals surface area contributed by atoms with Gasteiger partial charge in [0.15, 0.2) is 5.16 Å². The summed E-state index contributed by atoms with van der Waals surface area (Å²) >= 11 is 2.99. The van der Waals surface area contributed by atoms with Crippen molar-refractivity contribution in [3.05, 3.63) is 86.3 Å². The fraction of sp³-hybridized carbons (Fsp3) is 0.200. The number of aromatic nitrogens is 4. The molecule has 0 radical (unpaired) electrons. The fourth-order valence-electron chi connectivity index (χ4n) is 3.93. The van der Waals surface area contributed by atoms with Crippen LogP contribution in [0.2, 0.25) is 0 Å². The molecule has 2 aromatic carbocycles. The number of nitrogens with zero attached hydrogens (tertiary/aromatic N) is 4. The number of aryl methyl sites for hydroxylation is 1. The fourth-order valence-corrected chi connectivity index (χ4v) is 5.41. The Kier molecular flexibility index (Phi) is 6.21. The molecule has 172 valence electrons. The maximum atomic E-state index is 13.5. The van der Waals surface area contributed by atoms with Gasteiger partial charge in [-0.3, -0.25) is 14.0 Å². The molecule has 0 bridgehead atoms. The van der Waals surface area contributed by atoms with Crippen LogP contribution >= 0.6 is 23.1 Å². The van der Waals surface area contributed by atoms with Gasteiger partial charge in [-0.2, -0.15) is 0 Å².